The first-order chi connectivity index (χ1) is 13.7. The van der Waals surface area contributed by atoms with Crippen LogP contribution in [-0.4, -0.2) is 55.5 Å². The lowest BCUT2D eigenvalue weighted by Crippen LogP contribution is -2.52. The first kappa shape index (κ1) is 28.0. The maximum Gasteiger partial charge on any atom is 0.237 e. The van der Waals surface area contributed by atoms with E-state index in [4.69, 9.17) is 0 Å². The zero-order chi connectivity index (χ0) is 22.2. The van der Waals surface area contributed by atoms with E-state index < -0.39 is 0 Å². The smallest absolute Gasteiger partial charge is 0.237 e. The van der Waals surface area contributed by atoms with Gasteiger partial charge in [0.25, 0.3) is 0 Å². The third-order valence-electron chi connectivity index (χ3n) is 4.90. The molecule has 0 fully saturated rings. The highest BCUT2D eigenvalue weighted by molar-refractivity contribution is 5.91. The van der Waals surface area contributed by atoms with E-state index in [9.17, 15) is 9.59 Å². The zero-order valence-corrected chi connectivity index (χ0v) is 20.1. The van der Waals surface area contributed by atoms with Gasteiger partial charge in [-0.3, -0.25) is 9.59 Å². The number of amides is 1. The summed E-state index contributed by atoms with van der Waals surface area (Å²) >= 11 is 0. The van der Waals surface area contributed by atoms with Crippen LogP contribution in [0.5, 0.6) is 0 Å². The van der Waals surface area contributed by atoms with Gasteiger partial charge in [0.2, 0.25) is 5.91 Å². The molecule has 172 valence electrons. The summed E-state index contributed by atoms with van der Waals surface area (Å²) in [5, 5.41) is 13.2. The van der Waals surface area contributed by atoms with E-state index >= 15 is 0 Å². The van der Waals surface area contributed by atoms with E-state index in [0.717, 1.165) is 51.7 Å². The Balaban J connectivity index is 4.75. The van der Waals surface area contributed by atoms with Gasteiger partial charge in [-0.15, -0.1) is 0 Å². The van der Waals surface area contributed by atoms with Crippen molar-refractivity contribution in [2.45, 2.75) is 111 Å². The zero-order valence-electron chi connectivity index (χ0n) is 20.1. The molecule has 0 aliphatic carbocycles. The number of nitrogens with one attached hydrogen (secondary N) is 4. The average Bonchev–Trinajstić information content (AvgIpc) is 2.64. The molecule has 1 amide bonds. The van der Waals surface area contributed by atoms with Crippen LogP contribution in [0.3, 0.4) is 0 Å². The van der Waals surface area contributed by atoms with Crippen molar-refractivity contribution in [2.75, 3.05) is 19.6 Å². The van der Waals surface area contributed by atoms with Gasteiger partial charge in [-0.2, -0.15) is 0 Å². The van der Waals surface area contributed by atoms with Crippen molar-refractivity contribution in [2.24, 2.45) is 5.92 Å². The molecule has 2 unspecified atom stereocenters. The third kappa shape index (κ3) is 14.6. The Bertz CT molecular complexity index is 439. The van der Waals surface area contributed by atoms with Gasteiger partial charge in [0.05, 0.1) is 12.1 Å². The standard InChI is InChI=1S/C23H48N4O2/c1-8-24-15-11-9-14-21(26-19(6)7)23(29)27-20(22(28)17(2)3)13-10-12-16-25-18(4)5/h17-21,24-26H,8-16H2,1-7H3,(H,27,29). The fourth-order valence-electron chi connectivity index (χ4n) is 3.29. The van der Waals surface area contributed by atoms with Crippen LogP contribution in [0.2, 0.25) is 0 Å². The third-order valence-corrected chi connectivity index (χ3v) is 4.90. The van der Waals surface area contributed by atoms with Crippen LogP contribution in [0.25, 0.3) is 0 Å². The summed E-state index contributed by atoms with van der Waals surface area (Å²) in [4.78, 5) is 25.6. The van der Waals surface area contributed by atoms with Gasteiger partial charge in [0.1, 0.15) is 0 Å². The van der Waals surface area contributed by atoms with Gasteiger partial charge < -0.3 is 21.3 Å². The van der Waals surface area contributed by atoms with Gasteiger partial charge in [0, 0.05) is 18.0 Å². The van der Waals surface area contributed by atoms with Crippen LogP contribution in [0, 0.1) is 5.92 Å². The van der Waals surface area contributed by atoms with E-state index in [0.29, 0.717) is 12.5 Å². The Morgan fingerprint density at radius 2 is 1.34 bits per heavy atom. The fraction of sp³-hybridized carbons (Fsp3) is 0.913. The fourth-order valence-corrected chi connectivity index (χ4v) is 3.29. The summed E-state index contributed by atoms with van der Waals surface area (Å²) in [5.74, 6) is 0.0118. The largest absolute Gasteiger partial charge is 0.345 e. The summed E-state index contributed by atoms with van der Waals surface area (Å²) in [6, 6.07) is 0.0560. The van der Waals surface area contributed by atoms with E-state index in [1.165, 1.54) is 0 Å². The van der Waals surface area contributed by atoms with Crippen LogP contribution < -0.4 is 21.3 Å². The molecule has 0 aliphatic rings. The van der Waals surface area contributed by atoms with Crippen molar-refractivity contribution >= 4 is 11.7 Å². The monoisotopic (exact) mass is 412 g/mol. The van der Waals surface area contributed by atoms with Gasteiger partial charge in [-0.25, -0.2) is 0 Å². The molecule has 0 aromatic heterocycles. The molecule has 0 saturated heterocycles. The lowest BCUT2D eigenvalue weighted by atomic mass is 9.96. The molecule has 0 spiro atoms. The van der Waals surface area contributed by atoms with Crippen LogP contribution in [0.15, 0.2) is 0 Å². The quantitative estimate of drug-likeness (QED) is 0.260. The number of rotatable bonds is 18. The topological polar surface area (TPSA) is 82.3 Å². The van der Waals surface area contributed by atoms with Crippen molar-refractivity contribution in [3.63, 3.8) is 0 Å². The van der Waals surface area contributed by atoms with E-state index in [1.54, 1.807) is 0 Å². The number of ketones is 1. The van der Waals surface area contributed by atoms with E-state index in [1.807, 2.05) is 13.8 Å². The summed E-state index contributed by atoms with van der Waals surface area (Å²) in [6.45, 7) is 17.2. The molecule has 0 radical (unpaired) electrons. The molecule has 6 nitrogen and oxygen atoms in total. The maximum absolute atomic E-state index is 13.0. The number of carbonyl (C=O) groups excluding carboxylic acids is 2. The van der Waals surface area contributed by atoms with Gasteiger partial charge in [-0.1, -0.05) is 54.9 Å². The predicted molar refractivity (Wildman–Crippen MR) is 123 cm³/mol. The molecule has 29 heavy (non-hydrogen) atoms. The van der Waals surface area contributed by atoms with Crippen molar-refractivity contribution in [1.29, 1.82) is 0 Å². The molecule has 0 heterocycles. The van der Waals surface area contributed by atoms with E-state index in [2.05, 4.69) is 55.9 Å². The molecule has 0 aliphatic heterocycles. The first-order valence-electron chi connectivity index (χ1n) is 11.7. The number of Topliss-reactive ketones (excluding diaryl/α,β-unsaturated/α-hetero) is 1. The first-order valence-corrected chi connectivity index (χ1v) is 11.7. The normalized spacial score (nSPS) is 13.9. The molecule has 2 atom stereocenters. The molecular weight excluding hydrogens is 364 g/mol. The molecule has 0 saturated carbocycles. The highest BCUT2D eigenvalue weighted by Crippen LogP contribution is 2.10. The van der Waals surface area contributed by atoms with Crippen molar-refractivity contribution in [1.82, 2.24) is 21.3 Å². The Kier molecular flexibility index (Phi) is 16.2. The Hall–Kier alpha value is -0.980. The van der Waals surface area contributed by atoms with Crippen molar-refractivity contribution in [3.8, 4) is 0 Å². The molecular formula is C23H48N4O2. The highest BCUT2D eigenvalue weighted by atomic mass is 16.2. The average molecular weight is 413 g/mol. The van der Waals surface area contributed by atoms with Crippen LogP contribution >= 0.6 is 0 Å². The Morgan fingerprint density at radius 3 is 1.86 bits per heavy atom. The summed E-state index contributed by atoms with van der Waals surface area (Å²) in [6.07, 6.45) is 5.46. The molecule has 6 heteroatoms. The van der Waals surface area contributed by atoms with Crippen molar-refractivity contribution in [3.05, 3.63) is 0 Å². The van der Waals surface area contributed by atoms with Gasteiger partial charge in [0.15, 0.2) is 5.78 Å². The second-order valence-corrected chi connectivity index (χ2v) is 8.95. The molecule has 0 bridgehead atoms. The van der Waals surface area contributed by atoms with Crippen molar-refractivity contribution < 1.29 is 9.59 Å². The Labute approximate surface area is 179 Å². The molecule has 0 rings (SSSR count). The van der Waals surface area contributed by atoms with Gasteiger partial charge in [-0.05, 0) is 51.7 Å². The summed E-state index contributed by atoms with van der Waals surface area (Å²) in [5.41, 5.74) is 0. The lowest BCUT2D eigenvalue weighted by molar-refractivity contribution is -0.130. The summed E-state index contributed by atoms with van der Waals surface area (Å²) < 4.78 is 0. The number of hydrogen-bond donors (Lipinski definition) is 4. The minimum atomic E-state index is -0.389. The molecule has 0 aromatic carbocycles. The number of hydrogen-bond acceptors (Lipinski definition) is 5. The van der Waals surface area contributed by atoms with Gasteiger partial charge >= 0.3 is 0 Å². The van der Waals surface area contributed by atoms with Crippen LogP contribution in [0.4, 0.5) is 0 Å². The predicted octanol–water partition coefficient (Wildman–Crippen LogP) is 3.01. The Morgan fingerprint density at radius 1 is 0.759 bits per heavy atom. The minimum absolute atomic E-state index is 0.0403. The molecule has 0 aromatic rings. The number of carbonyl (C=O) groups is 2. The minimum Gasteiger partial charge on any atom is -0.345 e. The maximum atomic E-state index is 13.0. The second-order valence-electron chi connectivity index (χ2n) is 8.95. The lowest BCUT2D eigenvalue weighted by Gasteiger charge is -2.25. The van der Waals surface area contributed by atoms with E-state index in [-0.39, 0.29) is 35.7 Å². The highest BCUT2D eigenvalue weighted by Gasteiger charge is 2.26. The molecule has 4 N–H and O–H groups in total. The van der Waals surface area contributed by atoms with Crippen LogP contribution in [0.1, 0.15) is 87.0 Å². The van der Waals surface area contributed by atoms with Crippen LogP contribution in [-0.2, 0) is 9.59 Å². The number of unbranched alkanes of at least 4 members (excludes halogenated alkanes) is 2. The summed E-state index contributed by atoms with van der Waals surface area (Å²) in [7, 11) is 0. The SMILES string of the molecule is CCNCCCCC(NC(C)C)C(=O)NC(CCCCNC(C)C)C(=O)C(C)C. The second kappa shape index (κ2) is 16.8.